The molecule has 1 N–H and O–H groups in total. The van der Waals surface area contributed by atoms with Gasteiger partial charge in [0, 0.05) is 6.04 Å². The minimum Gasteiger partial charge on any atom is -0.433 e. The van der Waals surface area contributed by atoms with Crippen molar-refractivity contribution in [1.82, 2.24) is 0 Å². The maximum absolute atomic E-state index is 12.4. The SMILES string of the molecule is CC1CCC(C)C(Nc2ccccc2OC(F)F)C1. The predicted octanol–water partition coefficient (Wildman–Crippen LogP) is 4.52. The highest BCUT2D eigenvalue weighted by Crippen LogP contribution is 2.33. The van der Waals surface area contributed by atoms with Crippen molar-refractivity contribution in [2.45, 2.75) is 45.8 Å². The second-order valence-electron chi connectivity index (χ2n) is 5.52. The second kappa shape index (κ2) is 6.22. The molecule has 106 valence electrons. The Labute approximate surface area is 113 Å². The minimum atomic E-state index is -2.79. The van der Waals surface area contributed by atoms with E-state index in [1.165, 1.54) is 12.8 Å². The van der Waals surface area contributed by atoms with Gasteiger partial charge < -0.3 is 10.1 Å². The van der Waals surface area contributed by atoms with E-state index < -0.39 is 6.61 Å². The van der Waals surface area contributed by atoms with Crippen molar-refractivity contribution in [3.63, 3.8) is 0 Å². The van der Waals surface area contributed by atoms with Gasteiger partial charge in [-0.2, -0.15) is 8.78 Å². The molecule has 0 saturated heterocycles. The highest BCUT2D eigenvalue weighted by Gasteiger charge is 2.26. The van der Waals surface area contributed by atoms with Gasteiger partial charge in [0.15, 0.2) is 0 Å². The van der Waals surface area contributed by atoms with Crippen molar-refractivity contribution in [1.29, 1.82) is 0 Å². The van der Waals surface area contributed by atoms with Crippen LogP contribution in [0.1, 0.15) is 33.1 Å². The number of nitrogens with one attached hydrogen (secondary N) is 1. The smallest absolute Gasteiger partial charge is 0.387 e. The molecule has 0 radical (unpaired) electrons. The molecular weight excluding hydrogens is 248 g/mol. The van der Waals surface area contributed by atoms with Gasteiger partial charge in [-0.15, -0.1) is 0 Å². The number of hydrogen-bond acceptors (Lipinski definition) is 2. The summed E-state index contributed by atoms with van der Waals surface area (Å²) in [7, 11) is 0. The number of benzene rings is 1. The first kappa shape index (κ1) is 14.1. The normalized spacial score (nSPS) is 27.3. The molecule has 0 bridgehead atoms. The molecular formula is C15H21F2NO. The van der Waals surface area contributed by atoms with E-state index in [0.717, 1.165) is 6.42 Å². The van der Waals surface area contributed by atoms with Crippen molar-refractivity contribution in [3.8, 4) is 5.75 Å². The number of ether oxygens (including phenoxy) is 1. The van der Waals surface area contributed by atoms with E-state index in [4.69, 9.17) is 0 Å². The molecule has 1 aliphatic rings. The van der Waals surface area contributed by atoms with Crippen LogP contribution in [-0.4, -0.2) is 12.7 Å². The van der Waals surface area contributed by atoms with Gasteiger partial charge in [-0.1, -0.05) is 32.4 Å². The molecule has 3 atom stereocenters. The van der Waals surface area contributed by atoms with Crippen LogP contribution in [0.15, 0.2) is 24.3 Å². The molecule has 1 aliphatic carbocycles. The molecule has 0 aromatic heterocycles. The van der Waals surface area contributed by atoms with Crippen LogP contribution in [0.3, 0.4) is 0 Å². The molecule has 0 amide bonds. The predicted molar refractivity (Wildman–Crippen MR) is 72.7 cm³/mol. The van der Waals surface area contributed by atoms with Crippen LogP contribution in [0.5, 0.6) is 5.75 Å². The first-order valence-corrected chi connectivity index (χ1v) is 6.86. The summed E-state index contributed by atoms with van der Waals surface area (Å²) in [6.07, 6.45) is 3.50. The summed E-state index contributed by atoms with van der Waals surface area (Å²) in [4.78, 5) is 0. The Kier molecular flexibility index (Phi) is 4.61. The van der Waals surface area contributed by atoms with Gasteiger partial charge in [-0.3, -0.25) is 0 Å². The van der Waals surface area contributed by atoms with Crippen LogP contribution >= 0.6 is 0 Å². The number of anilines is 1. The van der Waals surface area contributed by atoms with Gasteiger partial charge in [-0.05, 0) is 36.8 Å². The van der Waals surface area contributed by atoms with E-state index in [-0.39, 0.29) is 5.75 Å². The van der Waals surface area contributed by atoms with Gasteiger partial charge in [0.1, 0.15) is 5.75 Å². The number of halogens is 2. The van der Waals surface area contributed by atoms with E-state index >= 15 is 0 Å². The summed E-state index contributed by atoms with van der Waals surface area (Å²) in [5.74, 6) is 1.45. The van der Waals surface area contributed by atoms with Gasteiger partial charge in [0.2, 0.25) is 0 Å². The Hall–Kier alpha value is -1.32. The van der Waals surface area contributed by atoms with E-state index in [0.29, 0.717) is 23.6 Å². The Bertz CT molecular complexity index is 411. The molecule has 2 rings (SSSR count). The van der Waals surface area contributed by atoms with Gasteiger partial charge in [-0.25, -0.2) is 0 Å². The average molecular weight is 269 g/mol. The molecule has 3 unspecified atom stereocenters. The molecule has 1 fully saturated rings. The van der Waals surface area contributed by atoms with E-state index in [9.17, 15) is 8.78 Å². The maximum atomic E-state index is 12.4. The van der Waals surface area contributed by atoms with Gasteiger partial charge in [0.05, 0.1) is 5.69 Å². The van der Waals surface area contributed by atoms with Crippen molar-refractivity contribution in [2.24, 2.45) is 11.8 Å². The fraction of sp³-hybridized carbons (Fsp3) is 0.600. The molecule has 0 spiro atoms. The highest BCUT2D eigenvalue weighted by molar-refractivity contribution is 5.56. The first-order valence-electron chi connectivity index (χ1n) is 6.86. The van der Waals surface area contributed by atoms with Crippen LogP contribution in [0.4, 0.5) is 14.5 Å². The third-order valence-corrected chi connectivity index (χ3v) is 3.90. The summed E-state index contributed by atoms with van der Waals surface area (Å²) < 4.78 is 29.3. The topological polar surface area (TPSA) is 21.3 Å². The van der Waals surface area contributed by atoms with Crippen molar-refractivity contribution < 1.29 is 13.5 Å². The maximum Gasteiger partial charge on any atom is 0.387 e. The van der Waals surface area contributed by atoms with Crippen molar-refractivity contribution >= 4 is 5.69 Å². The third-order valence-electron chi connectivity index (χ3n) is 3.90. The highest BCUT2D eigenvalue weighted by atomic mass is 19.3. The first-order chi connectivity index (χ1) is 9.06. The largest absolute Gasteiger partial charge is 0.433 e. The van der Waals surface area contributed by atoms with E-state index in [2.05, 4.69) is 23.9 Å². The molecule has 4 heteroatoms. The lowest BCUT2D eigenvalue weighted by Crippen LogP contribution is -2.33. The average Bonchev–Trinajstić information content (AvgIpc) is 2.35. The van der Waals surface area contributed by atoms with E-state index in [1.54, 1.807) is 18.2 Å². The summed E-state index contributed by atoms with van der Waals surface area (Å²) >= 11 is 0. The lowest BCUT2D eigenvalue weighted by Gasteiger charge is -2.34. The van der Waals surface area contributed by atoms with Gasteiger partial charge in [0.25, 0.3) is 0 Å². The quantitative estimate of drug-likeness (QED) is 0.867. The lowest BCUT2D eigenvalue weighted by atomic mass is 9.80. The van der Waals surface area contributed by atoms with E-state index in [1.807, 2.05) is 6.07 Å². The monoisotopic (exact) mass is 269 g/mol. The molecule has 0 heterocycles. The molecule has 1 saturated carbocycles. The lowest BCUT2D eigenvalue weighted by molar-refractivity contribution is -0.0494. The molecule has 19 heavy (non-hydrogen) atoms. The van der Waals surface area contributed by atoms with Crippen molar-refractivity contribution in [3.05, 3.63) is 24.3 Å². The Morgan fingerprint density at radius 3 is 2.68 bits per heavy atom. The molecule has 2 nitrogen and oxygen atoms in total. The third kappa shape index (κ3) is 3.82. The summed E-state index contributed by atoms with van der Waals surface area (Å²) in [5, 5.41) is 3.38. The Morgan fingerprint density at radius 2 is 1.95 bits per heavy atom. The molecule has 1 aromatic rings. The zero-order valence-electron chi connectivity index (χ0n) is 11.4. The molecule has 0 aliphatic heterocycles. The zero-order chi connectivity index (χ0) is 13.8. The van der Waals surface area contributed by atoms with Crippen LogP contribution in [0, 0.1) is 11.8 Å². The van der Waals surface area contributed by atoms with Crippen molar-refractivity contribution in [2.75, 3.05) is 5.32 Å². The Morgan fingerprint density at radius 1 is 1.21 bits per heavy atom. The van der Waals surface area contributed by atoms with Crippen LogP contribution in [0.2, 0.25) is 0 Å². The number of para-hydroxylation sites is 2. The van der Waals surface area contributed by atoms with Crippen LogP contribution in [0.25, 0.3) is 0 Å². The second-order valence-corrected chi connectivity index (χ2v) is 5.52. The summed E-state index contributed by atoms with van der Waals surface area (Å²) in [5.41, 5.74) is 0.661. The molecule has 1 aromatic carbocycles. The summed E-state index contributed by atoms with van der Waals surface area (Å²) in [6, 6.07) is 7.23. The standard InChI is InChI=1S/C15H21F2NO/c1-10-7-8-11(2)13(9-10)18-12-5-3-4-6-14(12)19-15(16)17/h3-6,10-11,13,15,18H,7-9H2,1-2H3. The number of hydrogen-bond donors (Lipinski definition) is 1. The number of rotatable bonds is 4. The number of alkyl halides is 2. The van der Waals surface area contributed by atoms with Crippen LogP contribution < -0.4 is 10.1 Å². The summed E-state index contributed by atoms with van der Waals surface area (Å²) in [6.45, 7) is 1.66. The zero-order valence-corrected chi connectivity index (χ0v) is 11.4. The fourth-order valence-corrected chi connectivity index (χ4v) is 2.72. The minimum absolute atomic E-state index is 0.225. The van der Waals surface area contributed by atoms with Crippen LogP contribution in [-0.2, 0) is 0 Å². The fourth-order valence-electron chi connectivity index (χ4n) is 2.72. The van der Waals surface area contributed by atoms with Gasteiger partial charge >= 0.3 is 6.61 Å². The Balaban J connectivity index is 2.09.